The van der Waals surface area contributed by atoms with Crippen LogP contribution in [-0.4, -0.2) is 43.0 Å². The molecule has 30 heavy (non-hydrogen) atoms. The molecule has 0 spiro atoms. The van der Waals surface area contributed by atoms with Gasteiger partial charge in [-0.1, -0.05) is 23.4 Å². The Labute approximate surface area is 174 Å². The third-order valence-electron chi connectivity index (χ3n) is 5.23. The lowest BCUT2D eigenvalue weighted by Crippen LogP contribution is -2.33. The number of rotatable bonds is 6. The number of fused-ring (bicyclic) bond motifs is 1. The predicted molar refractivity (Wildman–Crippen MR) is 113 cm³/mol. The molecule has 1 fully saturated rings. The topological polar surface area (TPSA) is 133 Å². The summed E-state index contributed by atoms with van der Waals surface area (Å²) in [5, 5.41) is 15.0. The van der Waals surface area contributed by atoms with Crippen molar-refractivity contribution in [2.75, 3.05) is 10.6 Å². The summed E-state index contributed by atoms with van der Waals surface area (Å²) in [6, 6.07) is 7.94. The van der Waals surface area contributed by atoms with Crippen molar-refractivity contribution in [3.8, 4) is 5.75 Å². The van der Waals surface area contributed by atoms with Crippen molar-refractivity contribution in [1.82, 2.24) is 25.0 Å². The summed E-state index contributed by atoms with van der Waals surface area (Å²) >= 11 is 0. The molecule has 0 aliphatic heterocycles. The zero-order chi connectivity index (χ0) is 21.1. The average molecular weight is 410 g/mol. The van der Waals surface area contributed by atoms with Crippen molar-refractivity contribution in [2.45, 2.75) is 51.2 Å². The number of ether oxygens (including phenoxy) is 1. The van der Waals surface area contributed by atoms with Crippen LogP contribution < -0.4 is 21.1 Å². The van der Waals surface area contributed by atoms with Crippen LogP contribution in [0.1, 0.15) is 38.2 Å². The Morgan fingerprint density at radius 3 is 2.77 bits per heavy atom. The molecule has 10 nitrogen and oxygen atoms in total. The largest absolute Gasteiger partial charge is 0.426 e. The third-order valence-corrected chi connectivity index (χ3v) is 5.23. The van der Waals surface area contributed by atoms with Gasteiger partial charge in [-0.3, -0.25) is 4.79 Å². The number of carbonyl (C=O) groups is 1. The summed E-state index contributed by atoms with van der Waals surface area (Å²) < 4.78 is 6.91. The number of anilines is 2. The quantitative estimate of drug-likeness (QED) is 0.412. The van der Waals surface area contributed by atoms with E-state index in [0.717, 1.165) is 31.2 Å². The standard InChI is InChI=1S/C20H26N8O2/c1-12(29)30-16-6-4-3-5-13(16)11-22-18-17-19(28(2)27-26-17)25-20(24-18)23-15-9-7-14(21)8-10-15/h3-6,14-15H,7-11,21H2,1-2H3,(H2,22,23,24,25). The number of aryl methyl sites for hydroxylation is 1. The van der Waals surface area contributed by atoms with Gasteiger partial charge in [-0.05, 0) is 31.7 Å². The highest BCUT2D eigenvalue weighted by Crippen LogP contribution is 2.25. The van der Waals surface area contributed by atoms with E-state index in [1.165, 1.54) is 6.92 Å². The molecule has 0 unspecified atom stereocenters. The fourth-order valence-corrected chi connectivity index (χ4v) is 3.63. The van der Waals surface area contributed by atoms with Crippen LogP contribution in [0.4, 0.5) is 11.8 Å². The first-order valence-corrected chi connectivity index (χ1v) is 10.1. The second-order valence-corrected chi connectivity index (χ2v) is 7.59. The maximum absolute atomic E-state index is 11.4. The minimum absolute atomic E-state index is 0.280. The van der Waals surface area contributed by atoms with Crippen LogP contribution in [-0.2, 0) is 18.4 Å². The Morgan fingerprint density at radius 2 is 2.00 bits per heavy atom. The van der Waals surface area contributed by atoms with Gasteiger partial charge in [0.05, 0.1) is 0 Å². The average Bonchev–Trinajstić information content (AvgIpc) is 3.09. The summed E-state index contributed by atoms with van der Waals surface area (Å²) in [5.41, 5.74) is 8.06. The van der Waals surface area contributed by atoms with E-state index in [1.807, 2.05) is 18.2 Å². The first-order chi connectivity index (χ1) is 14.5. The fraction of sp³-hybridized carbons (Fsp3) is 0.450. The SMILES string of the molecule is CC(=O)Oc1ccccc1CNc1nc(NC2CCC(N)CC2)nc2c1nnn2C. The summed E-state index contributed by atoms with van der Waals surface area (Å²) in [5.74, 6) is 1.25. The number of nitrogens with two attached hydrogens (primary N) is 1. The lowest BCUT2D eigenvalue weighted by Gasteiger charge is -2.26. The Kier molecular flexibility index (Phi) is 5.75. The molecule has 0 amide bonds. The van der Waals surface area contributed by atoms with E-state index in [0.29, 0.717) is 41.3 Å². The number of carbonyl (C=O) groups excluding carboxylic acids is 1. The maximum atomic E-state index is 11.4. The Morgan fingerprint density at radius 1 is 1.23 bits per heavy atom. The van der Waals surface area contributed by atoms with Crippen molar-refractivity contribution in [2.24, 2.45) is 12.8 Å². The fourth-order valence-electron chi connectivity index (χ4n) is 3.63. The Bertz CT molecular complexity index is 1040. The number of hydrogen-bond acceptors (Lipinski definition) is 9. The molecule has 4 rings (SSSR count). The monoisotopic (exact) mass is 410 g/mol. The summed E-state index contributed by atoms with van der Waals surface area (Å²) in [6.07, 6.45) is 3.96. The van der Waals surface area contributed by atoms with Crippen LogP contribution in [0, 0.1) is 0 Å². The number of nitrogens with one attached hydrogen (secondary N) is 2. The van der Waals surface area contributed by atoms with Gasteiger partial charge in [0.2, 0.25) is 5.95 Å². The molecule has 1 saturated carbocycles. The van der Waals surface area contributed by atoms with Crippen molar-refractivity contribution >= 4 is 28.9 Å². The number of esters is 1. The molecular weight excluding hydrogens is 384 g/mol. The van der Waals surface area contributed by atoms with E-state index >= 15 is 0 Å². The van der Waals surface area contributed by atoms with E-state index in [4.69, 9.17) is 10.5 Å². The summed E-state index contributed by atoms with van der Waals surface area (Å²) in [6.45, 7) is 1.79. The Hall–Kier alpha value is -3.27. The smallest absolute Gasteiger partial charge is 0.308 e. The lowest BCUT2D eigenvalue weighted by atomic mass is 9.92. The van der Waals surface area contributed by atoms with Gasteiger partial charge in [0.15, 0.2) is 17.0 Å². The van der Waals surface area contributed by atoms with E-state index in [-0.39, 0.29) is 12.0 Å². The number of hydrogen-bond donors (Lipinski definition) is 3. The van der Waals surface area contributed by atoms with Crippen molar-refractivity contribution in [1.29, 1.82) is 0 Å². The van der Waals surface area contributed by atoms with Crippen LogP contribution in [0.5, 0.6) is 5.75 Å². The van der Waals surface area contributed by atoms with Gasteiger partial charge in [-0.2, -0.15) is 9.97 Å². The van der Waals surface area contributed by atoms with E-state index in [9.17, 15) is 4.79 Å². The molecule has 1 aliphatic rings. The van der Waals surface area contributed by atoms with Crippen LogP contribution >= 0.6 is 0 Å². The van der Waals surface area contributed by atoms with Gasteiger partial charge in [-0.25, -0.2) is 4.68 Å². The highest BCUT2D eigenvalue weighted by molar-refractivity contribution is 5.83. The molecule has 4 N–H and O–H groups in total. The molecule has 0 atom stereocenters. The molecule has 10 heteroatoms. The predicted octanol–water partition coefficient (Wildman–Crippen LogP) is 1.98. The molecule has 158 valence electrons. The van der Waals surface area contributed by atoms with E-state index < -0.39 is 0 Å². The first kappa shape index (κ1) is 20.0. The molecule has 3 aromatic rings. The van der Waals surface area contributed by atoms with Crippen molar-refractivity contribution < 1.29 is 9.53 Å². The second kappa shape index (κ2) is 8.62. The normalized spacial score (nSPS) is 18.9. The van der Waals surface area contributed by atoms with Gasteiger partial charge < -0.3 is 21.1 Å². The molecule has 1 aromatic carbocycles. The van der Waals surface area contributed by atoms with Crippen molar-refractivity contribution in [3.05, 3.63) is 29.8 Å². The number of aromatic nitrogens is 5. The minimum atomic E-state index is -0.362. The maximum Gasteiger partial charge on any atom is 0.308 e. The molecule has 2 heterocycles. The summed E-state index contributed by atoms with van der Waals surface area (Å²) in [7, 11) is 1.80. The zero-order valence-corrected chi connectivity index (χ0v) is 17.1. The number of para-hydroxylation sites is 1. The van der Waals surface area contributed by atoms with Gasteiger partial charge >= 0.3 is 5.97 Å². The molecule has 0 bridgehead atoms. The van der Waals surface area contributed by atoms with Gasteiger partial charge in [-0.15, -0.1) is 5.10 Å². The molecular formula is C20H26N8O2. The summed E-state index contributed by atoms with van der Waals surface area (Å²) in [4.78, 5) is 20.6. The van der Waals surface area contributed by atoms with Gasteiger partial charge in [0.25, 0.3) is 0 Å². The second-order valence-electron chi connectivity index (χ2n) is 7.59. The van der Waals surface area contributed by atoms with E-state index in [2.05, 4.69) is 30.9 Å². The molecule has 0 radical (unpaired) electrons. The highest BCUT2D eigenvalue weighted by atomic mass is 16.5. The lowest BCUT2D eigenvalue weighted by molar-refractivity contribution is -0.131. The minimum Gasteiger partial charge on any atom is -0.426 e. The van der Waals surface area contributed by atoms with Crippen LogP contribution in [0.3, 0.4) is 0 Å². The Balaban J connectivity index is 1.57. The number of nitrogens with zero attached hydrogens (tertiary/aromatic N) is 5. The van der Waals surface area contributed by atoms with Crippen LogP contribution in [0.2, 0.25) is 0 Å². The van der Waals surface area contributed by atoms with Crippen LogP contribution in [0.25, 0.3) is 11.2 Å². The highest BCUT2D eigenvalue weighted by Gasteiger charge is 2.21. The molecule has 1 aliphatic carbocycles. The van der Waals surface area contributed by atoms with Crippen LogP contribution in [0.15, 0.2) is 24.3 Å². The number of benzene rings is 1. The molecule has 2 aromatic heterocycles. The van der Waals surface area contributed by atoms with Gasteiger partial charge in [0.1, 0.15) is 5.75 Å². The van der Waals surface area contributed by atoms with Crippen molar-refractivity contribution in [3.63, 3.8) is 0 Å². The third kappa shape index (κ3) is 4.48. The van der Waals surface area contributed by atoms with Gasteiger partial charge in [0, 0.05) is 38.2 Å². The zero-order valence-electron chi connectivity index (χ0n) is 17.1. The van der Waals surface area contributed by atoms with E-state index in [1.54, 1.807) is 17.8 Å². The first-order valence-electron chi connectivity index (χ1n) is 10.1. The molecule has 0 saturated heterocycles.